The Kier molecular flexibility index (Phi) is 11.3. The molecule has 4 atom stereocenters. The Labute approximate surface area is 231 Å². The van der Waals surface area contributed by atoms with Crippen molar-refractivity contribution in [2.24, 2.45) is 17.1 Å². The highest BCUT2D eigenvalue weighted by molar-refractivity contribution is 6.43. The molecule has 1 aromatic heterocycles. The van der Waals surface area contributed by atoms with Crippen molar-refractivity contribution in [3.05, 3.63) is 48.0 Å². The van der Waals surface area contributed by atoms with Gasteiger partial charge in [-0.1, -0.05) is 50.6 Å². The molecule has 212 valence electrons. The summed E-state index contributed by atoms with van der Waals surface area (Å²) >= 11 is 0. The predicted octanol–water partition coefficient (Wildman–Crippen LogP) is 1.22. The number of unbranched alkanes of at least 4 members (excludes halogenated alkanes) is 1. The quantitative estimate of drug-likeness (QED) is 0.189. The van der Waals surface area contributed by atoms with Gasteiger partial charge in [-0.2, -0.15) is 5.10 Å². The lowest BCUT2D eigenvalue weighted by Gasteiger charge is -2.68. The van der Waals surface area contributed by atoms with Crippen LogP contribution in [0.15, 0.2) is 36.7 Å². The fraction of sp³-hybridized carbons (Fsp3) is 0.654. The van der Waals surface area contributed by atoms with Crippen LogP contribution in [0.3, 0.4) is 0 Å². The molecule has 3 aliphatic carbocycles. The van der Waals surface area contributed by atoms with Gasteiger partial charge in [0.15, 0.2) is 0 Å². The molecule has 3 aliphatic rings. The highest BCUT2D eigenvalue weighted by atomic mass is 35.5. The number of carbonyl (C=O) groups is 1. The maximum atomic E-state index is 12.2. The summed E-state index contributed by atoms with van der Waals surface area (Å²) in [6.45, 7) is 6.40. The summed E-state index contributed by atoms with van der Waals surface area (Å²) in [5.74, 6) is 0.221. The fourth-order valence-electron chi connectivity index (χ4n) is 5.65. The number of carbonyl (C=O) groups excluding carboxylic acids is 1. The minimum atomic E-state index is -1.61. The number of aromatic nitrogens is 3. The van der Waals surface area contributed by atoms with Gasteiger partial charge in [-0.15, -0.1) is 12.4 Å². The van der Waals surface area contributed by atoms with E-state index < -0.39 is 24.3 Å². The first-order valence-corrected chi connectivity index (χ1v) is 13.1. The molecule has 0 radical (unpaired) electrons. The normalized spacial score (nSPS) is 25.6. The third-order valence-corrected chi connectivity index (χ3v) is 8.37. The molecule has 0 spiro atoms. The maximum absolute atomic E-state index is 12.2. The highest BCUT2D eigenvalue weighted by Crippen LogP contribution is 2.65. The van der Waals surface area contributed by atoms with Crippen molar-refractivity contribution in [3.63, 3.8) is 0 Å². The third kappa shape index (κ3) is 7.14. The summed E-state index contributed by atoms with van der Waals surface area (Å²) in [5, 5.41) is 45.8. The lowest BCUT2D eigenvalue weighted by atomic mass is 9.41. The monoisotopic (exact) mass is 551 g/mol. The van der Waals surface area contributed by atoms with Crippen LogP contribution in [0.1, 0.15) is 70.7 Å². The smallest absolute Gasteiger partial charge is 0.426 e. The van der Waals surface area contributed by atoms with Crippen LogP contribution in [0.2, 0.25) is 0 Å². The summed E-state index contributed by atoms with van der Waals surface area (Å²) in [6, 6.07) is 9.78. The molecule has 1 amide bonds. The SMILES string of the molecule is CC1(O)CCC2CC1(O)C2(C)C.Cl.NCCCC[C@H](NC(=O)Cn1ncnc1Cc1ccccc1)B(O)O. The molecule has 3 unspecified atom stereocenters. The molecule has 0 saturated heterocycles. The van der Waals surface area contributed by atoms with E-state index in [1.54, 1.807) is 6.92 Å². The molecular weight excluding hydrogens is 509 g/mol. The van der Waals surface area contributed by atoms with Gasteiger partial charge in [0, 0.05) is 6.42 Å². The molecule has 7 N–H and O–H groups in total. The third-order valence-electron chi connectivity index (χ3n) is 8.37. The second kappa shape index (κ2) is 13.4. The first kappa shape index (κ1) is 32.2. The minimum absolute atomic E-state index is 0. The zero-order valence-corrected chi connectivity index (χ0v) is 23.4. The van der Waals surface area contributed by atoms with Gasteiger partial charge in [0.1, 0.15) is 18.7 Å². The van der Waals surface area contributed by atoms with Gasteiger partial charge in [0.05, 0.1) is 17.1 Å². The van der Waals surface area contributed by atoms with E-state index in [0.29, 0.717) is 37.5 Å². The van der Waals surface area contributed by atoms with E-state index in [2.05, 4.69) is 29.2 Å². The van der Waals surface area contributed by atoms with E-state index in [1.165, 1.54) is 11.0 Å². The summed E-state index contributed by atoms with van der Waals surface area (Å²) in [4.78, 5) is 16.4. The van der Waals surface area contributed by atoms with Crippen molar-refractivity contribution in [2.75, 3.05) is 6.54 Å². The molecule has 1 heterocycles. The Morgan fingerprint density at radius 1 is 1.21 bits per heavy atom. The van der Waals surface area contributed by atoms with Crippen LogP contribution in [-0.2, 0) is 17.8 Å². The number of hydrogen-bond donors (Lipinski definition) is 6. The summed E-state index contributed by atoms with van der Waals surface area (Å²) in [6.07, 6.45) is 6.49. The van der Waals surface area contributed by atoms with Crippen LogP contribution in [0.5, 0.6) is 0 Å². The first-order chi connectivity index (χ1) is 17.4. The number of nitrogens with one attached hydrogen (secondary N) is 1. The molecule has 2 bridgehead atoms. The second-order valence-electron chi connectivity index (χ2n) is 11.2. The average Bonchev–Trinajstić information content (AvgIpc) is 3.27. The van der Waals surface area contributed by atoms with E-state index >= 15 is 0 Å². The fourth-order valence-corrected chi connectivity index (χ4v) is 5.65. The predicted molar refractivity (Wildman–Crippen MR) is 148 cm³/mol. The Bertz CT molecular complexity index is 1010. The number of hydrogen-bond acceptors (Lipinski definition) is 8. The van der Waals surface area contributed by atoms with Crippen LogP contribution in [0, 0.1) is 11.3 Å². The summed E-state index contributed by atoms with van der Waals surface area (Å²) in [7, 11) is -1.61. The second-order valence-corrected chi connectivity index (χ2v) is 11.2. The van der Waals surface area contributed by atoms with E-state index in [9.17, 15) is 25.1 Å². The van der Waals surface area contributed by atoms with Gasteiger partial charge >= 0.3 is 7.12 Å². The number of benzene rings is 1. The van der Waals surface area contributed by atoms with Crippen molar-refractivity contribution >= 4 is 25.4 Å². The van der Waals surface area contributed by atoms with Crippen molar-refractivity contribution in [1.29, 1.82) is 0 Å². The number of amides is 1. The van der Waals surface area contributed by atoms with Gasteiger partial charge in [-0.3, -0.25) is 4.79 Å². The largest absolute Gasteiger partial charge is 0.475 e. The van der Waals surface area contributed by atoms with E-state index in [0.717, 1.165) is 31.2 Å². The molecule has 3 saturated carbocycles. The molecule has 38 heavy (non-hydrogen) atoms. The van der Waals surface area contributed by atoms with Crippen molar-refractivity contribution in [2.45, 2.75) is 89.4 Å². The summed E-state index contributed by atoms with van der Waals surface area (Å²) < 4.78 is 1.52. The number of fused-ring (bicyclic) bond motifs is 2. The number of aliphatic hydroxyl groups is 2. The van der Waals surface area contributed by atoms with Gasteiger partial charge in [0.2, 0.25) is 5.91 Å². The maximum Gasteiger partial charge on any atom is 0.475 e. The van der Waals surface area contributed by atoms with Crippen LogP contribution >= 0.6 is 12.4 Å². The number of nitrogens with zero attached hydrogens (tertiary/aromatic N) is 3. The average molecular weight is 552 g/mol. The van der Waals surface area contributed by atoms with Crippen molar-refractivity contribution in [1.82, 2.24) is 20.1 Å². The Morgan fingerprint density at radius 2 is 1.89 bits per heavy atom. The zero-order chi connectivity index (χ0) is 27.3. The minimum Gasteiger partial charge on any atom is -0.426 e. The van der Waals surface area contributed by atoms with E-state index in [-0.39, 0.29) is 30.3 Å². The van der Waals surface area contributed by atoms with Crippen LogP contribution in [0.25, 0.3) is 0 Å². The first-order valence-electron chi connectivity index (χ1n) is 13.1. The van der Waals surface area contributed by atoms with Crippen molar-refractivity contribution in [3.8, 4) is 0 Å². The summed E-state index contributed by atoms with van der Waals surface area (Å²) in [5.41, 5.74) is 4.71. The Morgan fingerprint density at radius 3 is 2.45 bits per heavy atom. The van der Waals surface area contributed by atoms with E-state index in [4.69, 9.17) is 5.73 Å². The van der Waals surface area contributed by atoms with Gasteiger partial charge in [-0.05, 0) is 62.5 Å². The topological polar surface area (TPSA) is 167 Å². The Hall–Kier alpha value is -2.02. The molecule has 3 fully saturated rings. The van der Waals surface area contributed by atoms with Crippen LogP contribution in [0.4, 0.5) is 0 Å². The lowest BCUT2D eigenvalue weighted by molar-refractivity contribution is -0.312. The number of halogens is 1. The van der Waals surface area contributed by atoms with E-state index in [1.807, 2.05) is 30.3 Å². The van der Waals surface area contributed by atoms with Crippen LogP contribution < -0.4 is 11.1 Å². The number of nitrogens with two attached hydrogens (primary N) is 1. The highest BCUT2D eigenvalue weighted by Gasteiger charge is 2.69. The molecule has 12 heteroatoms. The lowest BCUT2D eigenvalue weighted by Crippen LogP contribution is -2.74. The molecule has 5 rings (SSSR count). The molecule has 2 aromatic rings. The standard InChI is InChI=1S/C16H24BN5O3.C10H18O2.ClH/c18-9-5-4-8-14(17(24)25)21-16(23)11-22-15(19-12-20-22)10-13-6-2-1-3-7-13;1-8(2)7-4-5-9(3,11)10(8,12)6-7;/h1-3,6-7,12,14,24-25H,4-5,8-11,18H2,(H,21,23);7,11-12H,4-6H2,1-3H3;1H/t14-;;/m0../s1. The van der Waals surface area contributed by atoms with Gasteiger partial charge in [0.25, 0.3) is 0 Å². The molecular formula is C26H43BClN5O5. The number of rotatable bonds is 10. The van der Waals surface area contributed by atoms with Gasteiger partial charge in [-0.25, -0.2) is 9.67 Å². The zero-order valence-electron chi connectivity index (χ0n) is 22.6. The molecule has 10 nitrogen and oxygen atoms in total. The van der Waals surface area contributed by atoms with Gasteiger partial charge < -0.3 is 31.3 Å². The molecule has 1 aromatic carbocycles. The van der Waals surface area contributed by atoms with Crippen LogP contribution in [-0.4, -0.2) is 71.7 Å². The van der Waals surface area contributed by atoms with Crippen molar-refractivity contribution < 1.29 is 25.1 Å². The Balaban J connectivity index is 0.000000325. The molecule has 0 aliphatic heterocycles.